The summed E-state index contributed by atoms with van der Waals surface area (Å²) in [5.74, 6) is 0.275. The molecule has 110 valence electrons. The average molecular weight is 277 g/mol. The maximum atomic E-state index is 12.2. The fraction of sp³-hybridized carbons (Fsp3) is 0.562. The number of carbonyl (C=O) groups is 1. The molecule has 4 nitrogen and oxygen atoms in total. The molecular formula is C16H23NO3. The largest absolute Gasteiger partial charge is 0.496 e. The summed E-state index contributed by atoms with van der Waals surface area (Å²) in [6.07, 6.45) is 2.34. The highest BCUT2D eigenvalue weighted by Gasteiger charge is 2.43. The molecule has 0 spiro atoms. The zero-order valence-electron chi connectivity index (χ0n) is 12.6. The number of hydrogen-bond acceptors (Lipinski definition) is 3. The van der Waals surface area contributed by atoms with Crippen molar-refractivity contribution in [3.05, 3.63) is 29.3 Å². The van der Waals surface area contributed by atoms with E-state index in [9.17, 15) is 9.90 Å². The Hall–Kier alpha value is -1.55. The van der Waals surface area contributed by atoms with Gasteiger partial charge in [0.1, 0.15) is 11.4 Å². The van der Waals surface area contributed by atoms with Crippen LogP contribution >= 0.6 is 0 Å². The molecule has 0 fully saturated rings. The number of rotatable bonds is 3. The van der Waals surface area contributed by atoms with E-state index in [2.05, 4.69) is 0 Å². The van der Waals surface area contributed by atoms with E-state index in [4.69, 9.17) is 4.74 Å². The molecule has 0 radical (unpaired) electrons. The van der Waals surface area contributed by atoms with Crippen LogP contribution in [-0.2, 0) is 16.8 Å². The first-order chi connectivity index (χ1) is 9.41. The lowest BCUT2D eigenvalue weighted by molar-refractivity contribution is -0.144. The molecule has 1 aromatic rings. The fourth-order valence-electron chi connectivity index (χ4n) is 3.13. The van der Waals surface area contributed by atoms with E-state index in [0.29, 0.717) is 6.42 Å². The highest BCUT2D eigenvalue weighted by atomic mass is 16.5. The molecule has 4 heteroatoms. The molecule has 0 aromatic heterocycles. The van der Waals surface area contributed by atoms with Crippen molar-refractivity contribution in [3.63, 3.8) is 0 Å². The lowest BCUT2D eigenvalue weighted by atomic mass is 9.71. The van der Waals surface area contributed by atoms with E-state index < -0.39 is 11.5 Å². The molecular weight excluding hydrogens is 254 g/mol. The van der Waals surface area contributed by atoms with Crippen molar-refractivity contribution in [2.75, 3.05) is 21.2 Å². The van der Waals surface area contributed by atoms with Gasteiger partial charge >= 0.3 is 0 Å². The topological polar surface area (TPSA) is 49.8 Å². The van der Waals surface area contributed by atoms with Gasteiger partial charge in [-0.15, -0.1) is 0 Å². The third-order valence-corrected chi connectivity index (χ3v) is 4.33. The number of ether oxygens (including phenoxy) is 1. The summed E-state index contributed by atoms with van der Waals surface area (Å²) in [7, 11) is 5.08. The average Bonchev–Trinajstić information content (AvgIpc) is 2.45. The van der Waals surface area contributed by atoms with Crippen LogP contribution in [0.1, 0.15) is 30.9 Å². The molecule has 1 aliphatic carbocycles. The predicted molar refractivity (Wildman–Crippen MR) is 77.7 cm³/mol. The van der Waals surface area contributed by atoms with Crippen LogP contribution in [0.3, 0.4) is 0 Å². The predicted octanol–water partition coefficient (Wildman–Crippen LogP) is 1.94. The van der Waals surface area contributed by atoms with Crippen molar-refractivity contribution in [1.29, 1.82) is 0 Å². The van der Waals surface area contributed by atoms with Crippen molar-refractivity contribution >= 4 is 5.91 Å². The Morgan fingerprint density at radius 3 is 2.75 bits per heavy atom. The lowest BCUT2D eigenvalue weighted by Crippen LogP contribution is -2.45. The molecule has 0 aliphatic heterocycles. The SMILES string of the molecule is COc1cccc2c1CCCC2(O)C(C)C(=O)N(C)C. The van der Waals surface area contributed by atoms with Gasteiger partial charge in [-0.25, -0.2) is 0 Å². The van der Waals surface area contributed by atoms with Crippen molar-refractivity contribution in [2.24, 2.45) is 5.92 Å². The molecule has 20 heavy (non-hydrogen) atoms. The van der Waals surface area contributed by atoms with Gasteiger partial charge in [0.15, 0.2) is 0 Å². The molecule has 2 atom stereocenters. The summed E-state index contributed by atoms with van der Waals surface area (Å²) in [6.45, 7) is 1.80. The zero-order valence-corrected chi connectivity index (χ0v) is 12.6. The molecule has 1 aliphatic rings. The molecule has 0 saturated heterocycles. The standard InChI is InChI=1S/C16H23NO3/c1-11(15(18)17(2)3)16(19)10-6-7-12-13(16)8-5-9-14(12)20-4/h5,8-9,11,19H,6-7,10H2,1-4H3. The first kappa shape index (κ1) is 14.9. The van der Waals surface area contributed by atoms with Gasteiger partial charge in [0.2, 0.25) is 5.91 Å². The van der Waals surface area contributed by atoms with E-state index >= 15 is 0 Å². The molecule has 2 unspecified atom stereocenters. The highest BCUT2D eigenvalue weighted by Crippen LogP contribution is 2.44. The quantitative estimate of drug-likeness (QED) is 0.918. The van der Waals surface area contributed by atoms with Crippen molar-refractivity contribution in [2.45, 2.75) is 31.8 Å². The number of hydrogen-bond donors (Lipinski definition) is 1. The summed E-state index contributed by atoms with van der Waals surface area (Å²) < 4.78 is 5.39. The summed E-state index contributed by atoms with van der Waals surface area (Å²) in [6, 6.07) is 5.69. The molecule has 1 N–H and O–H groups in total. The minimum Gasteiger partial charge on any atom is -0.496 e. The van der Waals surface area contributed by atoms with Gasteiger partial charge < -0.3 is 14.7 Å². The second-order valence-corrected chi connectivity index (χ2v) is 5.72. The summed E-state index contributed by atoms with van der Waals surface area (Å²) in [5, 5.41) is 11.1. The number of aliphatic hydroxyl groups is 1. The van der Waals surface area contributed by atoms with Crippen LogP contribution in [0.25, 0.3) is 0 Å². The Morgan fingerprint density at radius 2 is 2.15 bits per heavy atom. The van der Waals surface area contributed by atoms with Gasteiger partial charge in [-0.3, -0.25) is 4.79 Å². The minimum absolute atomic E-state index is 0.0526. The van der Waals surface area contributed by atoms with Gasteiger partial charge in [-0.1, -0.05) is 19.1 Å². The Kier molecular flexibility index (Phi) is 4.04. The number of methoxy groups -OCH3 is 1. The van der Waals surface area contributed by atoms with Gasteiger partial charge in [0.25, 0.3) is 0 Å². The maximum absolute atomic E-state index is 12.2. The number of amides is 1. The van der Waals surface area contributed by atoms with Crippen LogP contribution < -0.4 is 4.74 Å². The molecule has 0 saturated carbocycles. The third kappa shape index (κ3) is 2.29. The third-order valence-electron chi connectivity index (χ3n) is 4.33. The van der Waals surface area contributed by atoms with Crippen LogP contribution in [0, 0.1) is 5.92 Å². The van der Waals surface area contributed by atoms with Crippen molar-refractivity contribution in [3.8, 4) is 5.75 Å². The van der Waals surface area contributed by atoms with Gasteiger partial charge in [0, 0.05) is 19.7 Å². The van der Waals surface area contributed by atoms with Crippen molar-refractivity contribution in [1.82, 2.24) is 4.90 Å². The first-order valence-corrected chi connectivity index (χ1v) is 7.01. The van der Waals surface area contributed by atoms with E-state index in [-0.39, 0.29) is 5.91 Å². The van der Waals surface area contributed by atoms with Gasteiger partial charge in [0.05, 0.1) is 13.0 Å². The van der Waals surface area contributed by atoms with Gasteiger partial charge in [-0.2, -0.15) is 0 Å². The van der Waals surface area contributed by atoms with Crippen LogP contribution in [0.15, 0.2) is 18.2 Å². The molecule has 1 amide bonds. The van der Waals surface area contributed by atoms with E-state index in [1.807, 2.05) is 18.2 Å². The fourth-order valence-corrected chi connectivity index (χ4v) is 3.13. The van der Waals surface area contributed by atoms with E-state index in [0.717, 1.165) is 29.7 Å². The number of nitrogens with zero attached hydrogens (tertiary/aromatic N) is 1. The molecule has 2 rings (SSSR count). The molecule has 1 aromatic carbocycles. The van der Waals surface area contributed by atoms with E-state index in [1.165, 1.54) is 4.90 Å². The number of carbonyl (C=O) groups excluding carboxylic acids is 1. The van der Waals surface area contributed by atoms with Crippen LogP contribution in [0.2, 0.25) is 0 Å². The lowest BCUT2D eigenvalue weighted by Gasteiger charge is -2.39. The Bertz CT molecular complexity index is 512. The maximum Gasteiger partial charge on any atom is 0.228 e. The van der Waals surface area contributed by atoms with Crippen molar-refractivity contribution < 1.29 is 14.6 Å². The van der Waals surface area contributed by atoms with E-state index in [1.54, 1.807) is 28.1 Å². The van der Waals surface area contributed by atoms with Crippen LogP contribution in [0.4, 0.5) is 0 Å². The van der Waals surface area contributed by atoms with Crippen LogP contribution in [-0.4, -0.2) is 37.1 Å². The van der Waals surface area contributed by atoms with Crippen LogP contribution in [0.5, 0.6) is 5.75 Å². The monoisotopic (exact) mass is 277 g/mol. The van der Waals surface area contributed by atoms with Gasteiger partial charge in [-0.05, 0) is 30.9 Å². The minimum atomic E-state index is -1.11. The first-order valence-electron chi connectivity index (χ1n) is 7.01. The normalized spacial score (nSPS) is 22.9. The molecule has 0 heterocycles. The summed E-state index contributed by atoms with van der Waals surface area (Å²) >= 11 is 0. The summed E-state index contributed by atoms with van der Waals surface area (Å²) in [4.78, 5) is 13.8. The summed E-state index contributed by atoms with van der Waals surface area (Å²) in [5.41, 5.74) is 0.761. The number of fused-ring (bicyclic) bond motifs is 1. The second-order valence-electron chi connectivity index (χ2n) is 5.72. The Labute approximate surface area is 120 Å². The Balaban J connectivity index is 2.48. The second kappa shape index (κ2) is 5.44. The zero-order chi connectivity index (χ0) is 14.9. The number of benzene rings is 1. The highest BCUT2D eigenvalue weighted by molar-refractivity contribution is 5.79. The Morgan fingerprint density at radius 1 is 1.45 bits per heavy atom. The molecule has 0 bridgehead atoms. The smallest absolute Gasteiger partial charge is 0.228 e.